The predicted molar refractivity (Wildman–Crippen MR) is 82.4 cm³/mol. The van der Waals surface area contributed by atoms with E-state index in [-0.39, 0.29) is 11.1 Å². The standard InChI is InChI=1S/C13H14Cl2N2O2S/c14-10-2-1-9(11(15)7-10)8-16-12(18)3-4-17-5-6-20-13(17)19/h1-2,7H,3-6,8H2,(H,16,18). The van der Waals surface area contributed by atoms with Crippen molar-refractivity contribution < 1.29 is 9.59 Å². The molecule has 0 aliphatic carbocycles. The van der Waals surface area contributed by atoms with Crippen molar-refractivity contribution in [2.45, 2.75) is 13.0 Å². The Morgan fingerprint density at radius 3 is 2.85 bits per heavy atom. The van der Waals surface area contributed by atoms with Crippen LogP contribution in [0, 0.1) is 0 Å². The van der Waals surface area contributed by atoms with Gasteiger partial charge in [-0.3, -0.25) is 9.59 Å². The molecule has 20 heavy (non-hydrogen) atoms. The zero-order valence-corrected chi connectivity index (χ0v) is 13.0. The van der Waals surface area contributed by atoms with Crippen molar-refractivity contribution in [3.8, 4) is 0 Å². The Hall–Kier alpha value is -0.910. The molecule has 1 aliphatic rings. The summed E-state index contributed by atoms with van der Waals surface area (Å²) < 4.78 is 0. The lowest BCUT2D eigenvalue weighted by Gasteiger charge is -2.14. The lowest BCUT2D eigenvalue weighted by molar-refractivity contribution is -0.121. The van der Waals surface area contributed by atoms with Crippen LogP contribution in [0.5, 0.6) is 0 Å². The minimum absolute atomic E-state index is 0.0542. The number of nitrogens with zero attached hydrogens (tertiary/aromatic N) is 1. The first-order valence-electron chi connectivity index (χ1n) is 6.18. The fourth-order valence-corrected chi connectivity index (χ4v) is 3.14. The molecule has 1 N–H and O–H groups in total. The van der Waals surface area contributed by atoms with E-state index in [1.54, 1.807) is 23.1 Å². The molecule has 1 saturated heterocycles. The zero-order valence-electron chi connectivity index (χ0n) is 10.7. The Balaban J connectivity index is 1.76. The van der Waals surface area contributed by atoms with E-state index in [4.69, 9.17) is 23.2 Å². The summed E-state index contributed by atoms with van der Waals surface area (Å²) in [5.74, 6) is 0.710. The van der Waals surface area contributed by atoms with Gasteiger partial charge >= 0.3 is 0 Å². The molecule has 0 atom stereocenters. The van der Waals surface area contributed by atoms with Crippen LogP contribution in [0.25, 0.3) is 0 Å². The molecule has 4 nitrogen and oxygen atoms in total. The van der Waals surface area contributed by atoms with Gasteiger partial charge in [0.05, 0.1) is 0 Å². The van der Waals surface area contributed by atoms with Gasteiger partial charge in [-0.2, -0.15) is 0 Å². The normalized spacial score (nSPS) is 14.7. The molecular formula is C13H14Cl2N2O2S. The maximum absolute atomic E-state index is 11.7. The van der Waals surface area contributed by atoms with Crippen molar-refractivity contribution in [3.63, 3.8) is 0 Å². The second-order valence-electron chi connectivity index (χ2n) is 4.36. The molecule has 1 heterocycles. The highest BCUT2D eigenvalue weighted by atomic mass is 35.5. The van der Waals surface area contributed by atoms with Gasteiger partial charge in [-0.25, -0.2) is 0 Å². The first kappa shape index (κ1) is 15.5. The molecule has 1 aromatic rings. The number of rotatable bonds is 5. The van der Waals surface area contributed by atoms with E-state index in [1.165, 1.54) is 11.8 Å². The number of carbonyl (C=O) groups is 2. The molecular weight excluding hydrogens is 319 g/mol. The second kappa shape index (κ2) is 7.20. The quantitative estimate of drug-likeness (QED) is 0.900. The van der Waals surface area contributed by atoms with Crippen LogP contribution in [0.4, 0.5) is 4.79 Å². The molecule has 2 rings (SSSR count). The first-order chi connectivity index (χ1) is 9.56. The van der Waals surface area contributed by atoms with Crippen LogP contribution >= 0.6 is 35.0 Å². The van der Waals surface area contributed by atoms with Gasteiger partial charge in [0.2, 0.25) is 5.91 Å². The highest BCUT2D eigenvalue weighted by Crippen LogP contribution is 2.21. The molecule has 0 unspecified atom stereocenters. The van der Waals surface area contributed by atoms with Gasteiger partial charge in [0.1, 0.15) is 0 Å². The van der Waals surface area contributed by atoms with Gasteiger partial charge in [0.25, 0.3) is 5.24 Å². The van der Waals surface area contributed by atoms with E-state index in [0.717, 1.165) is 17.9 Å². The van der Waals surface area contributed by atoms with Crippen molar-refractivity contribution in [1.29, 1.82) is 0 Å². The lowest BCUT2D eigenvalue weighted by Crippen LogP contribution is -2.30. The third-order valence-corrected chi connectivity index (χ3v) is 4.42. The topological polar surface area (TPSA) is 49.4 Å². The Morgan fingerprint density at radius 2 is 2.20 bits per heavy atom. The van der Waals surface area contributed by atoms with Crippen LogP contribution in [-0.4, -0.2) is 34.9 Å². The van der Waals surface area contributed by atoms with Crippen molar-refractivity contribution in [1.82, 2.24) is 10.2 Å². The van der Waals surface area contributed by atoms with E-state index >= 15 is 0 Å². The summed E-state index contributed by atoms with van der Waals surface area (Å²) in [7, 11) is 0. The Bertz CT molecular complexity index is 525. The number of thioether (sulfide) groups is 1. The summed E-state index contributed by atoms with van der Waals surface area (Å²) in [5.41, 5.74) is 0.817. The van der Waals surface area contributed by atoms with Crippen molar-refractivity contribution in [2.75, 3.05) is 18.8 Å². The Labute approximate surface area is 131 Å². The third-order valence-electron chi connectivity index (χ3n) is 2.94. The van der Waals surface area contributed by atoms with Gasteiger partial charge in [-0.1, -0.05) is 41.0 Å². The maximum Gasteiger partial charge on any atom is 0.281 e. The molecule has 108 valence electrons. The number of hydrogen-bond acceptors (Lipinski definition) is 3. The monoisotopic (exact) mass is 332 g/mol. The van der Waals surface area contributed by atoms with E-state index in [9.17, 15) is 9.59 Å². The molecule has 1 aromatic carbocycles. The van der Waals surface area contributed by atoms with Crippen LogP contribution in [0.1, 0.15) is 12.0 Å². The van der Waals surface area contributed by atoms with Gasteiger partial charge in [0.15, 0.2) is 0 Å². The summed E-state index contributed by atoms with van der Waals surface area (Å²) in [5, 5.41) is 3.94. The average molecular weight is 333 g/mol. The van der Waals surface area contributed by atoms with Crippen LogP contribution in [0.15, 0.2) is 18.2 Å². The van der Waals surface area contributed by atoms with Crippen LogP contribution in [0.3, 0.4) is 0 Å². The summed E-state index contributed by atoms with van der Waals surface area (Å²) in [6.07, 6.45) is 0.303. The van der Waals surface area contributed by atoms with E-state index < -0.39 is 0 Å². The highest BCUT2D eigenvalue weighted by molar-refractivity contribution is 8.13. The van der Waals surface area contributed by atoms with E-state index in [2.05, 4.69) is 5.32 Å². The van der Waals surface area contributed by atoms with Crippen LogP contribution < -0.4 is 5.32 Å². The molecule has 0 saturated carbocycles. The largest absolute Gasteiger partial charge is 0.352 e. The van der Waals surface area contributed by atoms with E-state index in [1.807, 2.05) is 0 Å². The number of hydrogen-bond donors (Lipinski definition) is 1. The smallest absolute Gasteiger partial charge is 0.281 e. The van der Waals surface area contributed by atoms with Crippen molar-refractivity contribution in [3.05, 3.63) is 33.8 Å². The lowest BCUT2D eigenvalue weighted by atomic mass is 10.2. The molecule has 0 radical (unpaired) electrons. The fraction of sp³-hybridized carbons (Fsp3) is 0.385. The summed E-state index contributed by atoms with van der Waals surface area (Å²) in [6.45, 7) is 1.54. The first-order valence-corrected chi connectivity index (χ1v) is 7.93. The minimum Gasteiger partial charge on any atom is -0.352 e. The average Bonchev–Trinajstić information content (AvgIpc) is 2.81. The number of nitrogens with one attached hydrogen (secondary N) is 1. The maximum atomic E-state index is 11.7. The Morgan fingerprint density at radius 1 is 1.40 bits per heavy atom. The predicted octanol–water partition coefficient (Wildman–Crippen LogP) is 3.17. The molecule has 1 aliphatic heterocycles. The zero-order chi connectivity index (χ0) is 14.5. The molecule has 0 aromatic heterocycles. The molecule has 0 bridgehead atoms. The minimum atomic E-state index is -0.0966. The molecule has 1 fully saturated rings. The number of halogens is 2. The second-order valence-corrected chi connectivity index (χ2v) is 6.25. The summed E-state index contributed by atoms with van der Waals surface area (Å²) >= 11 is 13.1. The summed E-state index contributed by atoms with van der Waals surface area (Å²) in [6, 6.07) is 5.16. The SMILES string of the molecule is O=C(CCN1CCSC1=O)NCc1ccc(Cl)cc1Cl. The van der Waals surface area contributed by atoms with Gasteiger partial charge in [-0.05, 0) is 17.7 Å². The Kier molecular flexibility index (Phi) is 5.57. The van der Waals surface area contributed by atoms with Gasteiger partial charge in [0, 0.05) is 41.9 Å². The third kappa shape index (κ3) is 4.30. The van der Waals surface area contributed by atoms with Gasteiger partial charge < -0.3 is 10.2 Å². The van der Waals surface area contributed by atoms with Crippen LogP contribution in [0.2, 0.25) is 10.0 Å². The molecule has 0 spiro atoms. The van der Waals surface area contributed by atoms with Crippen LogP contribution in [-0.2, 0) is 11.3 Å². The van der Waals surface area contributed by atoms with E-state index in [0.29, 0.717) is 29.6 Å². The van der Waals surface area contributed by atoms with Crippen molar-refractivity contribution in [2.24, 2.45) is 0 Å². The number of carbonyl (C=O) groups excluding carboxylic acids is 2. The molecule has 2 amide bonds. The number of benzene rings is 1. The van der Waals surface area contributed by atoms with Gasteiger partial charge in [-0.15, -0.1) is 0 Å². The number of amides is 2. The highest BCUT2D eigenvalue weighted by Gasteiger charge is 2.21. The fourth-order valence-electron chi connectivity index (χ4n) is 1.81. The van der Waals surface area contributed by atoms with Crippen molar-refractivity contribution >= 4 is 46.1 Å². The summed E-state index contributed by atoms with van der Waals surface area (Å²) in [4.78, 5) is 24.8. The molecule has 7 heteroatoms.